The molecule has 3 heteroatoms. The second-order valence-corrected chi connectivity index (χ2v) is 3.17. The van der Waals surface area contributed by atoms with Crippen molar-refractivity contribution in [3.63, 3.8) is 0 Å². The molecule has 64 valence electrons. The second-order valence-electron chi connectivity index (χ2n) is 3.17. The van der Waals surface area contributed by atoms with E-state index in [1.807, 2.05) is 6.92 Å². The van der Waals surface area contributed by atoms with Crippen LogP contribution >= 0.6 is 0 Å². The number of carbonyl (C=O) groups is 1. The summed E-state index contributed by atoms with van der Waals surface area (Å²) in [6.07, 6.45) is 3.63. The predicted molar refractivity (Wildman–Crippen MR) is 42.5 cm³/mol. The summed E-state index contributed by atoms with van der Waals surface area (Å²) in [6, 6.07) is 0. The molecule has 1 fully saturated rings. The molecular formula is C8H15NO2. The lowest BCUT2D eigenvalue weighted by Crippen LogP contribution is -2.57. The fraction of sp³-hybridized carbons (Fsp3) is 0.875. The maximum absolute atomic E-state index is 10.7. The van der Waals surface area contributed by atoms with E-state index >= 15 is 0 Å². The topological polar surface area (TPSA) is 49.3 Å². The number of hydrogen-bond acceptors (Lipinski definition) is 2. The van der Waals surface area contributed by atoms with Gasteiger partial charge in [-0.25, -0.2) is 0 Å². The standard InChI is InChI=1S/C8H15NO2/c1-2-6-9-8(7(10)11)4-3-5-8/h9H,2-6H2,1H3,(H,10,11). The number of aliphatic carboxylic acids is 1. The lowest BCUT2D eigenvalue weighted by molar-refractivity contribution is -0.148. The van der Waals surface area contributed by atoms with Crippen LogP contribution in [0.1, 0.15) is 32.6 Å². The van der Waals surface area contributed by atoms with Gasteiger partial charge in [-0.15, -0.1) is 0 Å². The van der Waals surface area contributed by atoms with Gasteiger partial charge in [0.05, 0.1) is 0 Å². The molecule has 0 bridgehead atoms. The first kappa shape index (κ1) is 8.53. The Hall–Kier alpha value is -0.570. The molecule has 1 rings (SSSR count). The van der Waals surface area contributed by atoms with Crippen molar-refractivity contribution in [3.05, 3.63) is 0 Å². The van der Waals surface area contributed by atoms with Crippen molar-refractivity contribution in [1.29, 1.82) is 0 Å². The van der Waals surface area contributed by atoms with Crippen LogP contribution in [0.4, 0.5) is 0 Å². The van der Waals surface area contributed by atoms with Gasteiger partial charge in [-0.1, -0.05) is 6.92 Å². The Balaban J connectivity index is 2.40. The molecule has 0 amide bonds. The fourth-order valence-corrected chi connectivity index (χ4v) is 1.36. The number of hydrogen-bond donors (Lipinski definition) is 2. The summed E-state index contributed by atoms with van der Waals surface area (Å²) in [6.45, 7) is 2.85. The lowest BCUT2D eigenvalue weighted by Gasteiger charge is -2.38. The summed E-state index contributed by atoms with van der Waals surface area (Å²) in [7, 11) is 0. The molecule has 0 saturated heterocycles. The Morgan fingerprint density at radius 1 is 1.64 bits per heavy atom. The highest BCUT2D eigenvalue weighted by molar-refractivity contribution is 5.79. The van der Waals surface area contributed by atoms with Crippen molar-refractivity contribution in [2.24, 2.45) is 0 Å². The zero-order valence-electron chi connectivity index (χ0n) is 6.89. The van der Waals surface area contributed by atoms with Crippen LogP contribution in [0, 0.1) is 0 Å². The minimum absolute atomic E-state index is 0.560. The highest BCUT2D eigenvalue weighted by Gasteiger charge is 2.43. The fourth-order valence-electron chi connectivity index (χ4n) is 1.36. The van der Waals surface area contributed by atoms with Crippen molar-refractivity contribution in [2.45, 2.75) is 38.1 Å². The minimum atomic E-state index is -0.683. The Labute approximate surface area is 66.8 Å². The molecule has 0 unspecified atom stereocenters. The van der Waals surface area contributed by atoms with Crippen molar-refractivity contribution < 1.29 is 9.90 Å². The van der Waals surface area contributed by atoms with Gasteiger partial charge in [0, 0.05) is 0 Å². The highest BCUT2D eigenvalue weighted by atomic mass is 16.4. The molecule has 11 heavy (non-hydrogen) atoms. The molecule has 1 saturated carbocycles. The highest BCUT2D eigenvalue weighted by Crippen LogP contribution is 2.31. The van der Waals surface area contributed by atoms with Crippen LogP contribution in [0.15, 0.2) is 0 Å². The average Bonchev–Trinajstić information content (AvgIpc) is 1.85. The van der Waals surface area contributed by atoms with E-state index in [1.54, 1.807) is 0 Å². The maximum Gasteiger partial charge on any atom is 0.323 e. The van der Waals surface area contributed by atoms with Crippen molar-refractivity contribution in [3.8, 4) is 0 Å². The third-order valence-corrected chi connectivity index (χ3v) is 2.33. The molecule has 0 spiro atoms. The van der Waals surface area contributed by atoms with Gasteiger partial charge in [0.2, 0.25) is 0 Å². The van der Waals surface area contributed by atoms with Gasteiger partial charge in [0.25, 0.3) is 0 Å². The summed E-state index contributed by atoms with van der Waals surface area (Å²) in [5.74, 6) is -0.683. The molecule has 0 aromatic heterocycles. The van der Waals surface area contributed by atoms with Crippen LogP contribution < -0.4 is 5.32 Å². The first-order valence-corrected chi connectivity index (χ1v) is 4.20. The van der Waals surface area contributed by atoms with Gasteiger partial charge in [0.1, 0.15) is 5.54 Å². The molecule has 0 aromatic rings. The van der Waals surface area contributed by atoms with Crippen molar-refractivity contribution in [1.82, 2.24) is 5.32 Å². The number of rotatable bonds is 4. The van der Waals surface area contributed by atoms with E-state index in [1.165, 1.54) is 0 Å². The number of carboxylic acid groups (broad SMARTS) is 1. The predicted octanol–water partition coefficient (Wildman–Crippen LogP) is 0.993. The third-order valence-electron chi connectivity index (χ3n) is 2.33. The normalized spacial score (nSPS) is 20.8. The summed E-state index contributed by atoms with van der Waals surface area (Å²) >= 11 is 0. The molecule has 2 N–H and O–H groups in total. The van der Waals surface area contributed by atoms with Crippen molar-refractivity contribution >= 4 is 5.97 Å². The molecule has 3 nitrogen and oxygen atoms in total. The number of carboxylic acids is 1. The molecule has 1 aliphatic carbocycles. The zero-order chi connectivity index (χ0) is 8.32. The lowest BCUT2D eigenvalue weighted by atomic mass is 9.77. The molecule has 0 atom stereocenters. The molecule has 0 aromatic carbocycles. The monoisotopic (exact) mass is 157 g/mol. The van der Waals surface area contributed by atoms with Crippen molar-refractivity contribution in [2.75, 3.05) is 6.54 Å². The van der Waals surface area contributed by atoms with Gasteiger partial charge in [0.15, 0.2) is 0 Å². The molecule has 0 aliphatic heterocycles. The zero-order valence-corrected chi connectivity index (χ0v) is 6.89. The SMILES string of the molecule is CCCNC1(C(=O)O)CCC1. The van der Waals surface area contributed by atoms with E-state index in [4.69, 9.17) is 5.11 Å². The van der Waals surface area contributed by atoms with Gasteiger partial charge in [-0.05, 0) is 32.2 Å². The van der Waals surface area contributed by atoms with E-state index in [2.05, 4.69) is 5.32 Å². The van der Waals surface area contributed by atoms with Crippen LogP contribution in [0.3, 0.4) is 0 Å². The van der Waals surface area contributed by atoms with Crippen LogP contribution in [0.2, 0.25) is 0 Å². The quantitative estimate of drug-likeness (QED) is 0.640. The summed E-state index contributed by atoms with van der Waals surface area (Å²) in [4.78, 5) is 10.7. The average molecular weight is 157 g/mol. The maximum atomic E-state index is 10.7. The molecule has 1 aliphatic rings. The smallest absolute Gasteiger partial charge is 0.323 e. The first-order chi connectivity index (χ1) is 5.21. The van der Waals surface area contributed by atoms with Crippen LogP contribution in [0.5, 0.6) is 0 Å². The van der Waals surface area contributed by atoms with E-state index in [-0.39, 0.29) is 0 Å². The summed E-state index contributed by atoms with van der Waals surface area (Å²) in [5, 5.41) is 11.9. The second kappa shape index (κ2) is 3.22. The molecule has 0 heterocycles. The van der Waals surface area contributed by atoms with E-state index in [9.17, 15) is 4.79 Å². The molecular weight excluding hydrogens is 142 g/mol. The van der Waals surface area contributed by atoms with E-state index in [0.29, 0.717) is 0 Å². The van der Waals surface area contributed by atoms with Gasteiger partial charge in [-0.3, -0.25) is 4.79 Å². The van der Waals surface area contributed by atoms with Crippen LogP contribution in [-0.4, -0.2) is 23.2 Å². The number of nitrogens with one attached hydrogen (secondary N) is 1. The van der Waals surface area contributed by atoms with Crippen LogP contribution in [-0.2, 0) is 4.79 Å². The van der Waals surface area contributed by atoms with Gasteiger partial charge in [-0.2, -0.15) is 0 Å². The van der Waals surface area contributed by atoms with E-state index in [0.717, 1.165) is 32.2 Å². The van der Waals surface area contributed by atoms with Crippen LogP contribution in [0.25, 0.3) is 0 Å². The Kier molecular flexibility index (Phi) is 2.49. The Morgan fingerprint density at radius 3 is 2.55 bits per heavy atom. The summed E-state index contributed by atoms with van der Waals surface area (Å²) < 4.78 is 0. The molecule has 0 radical (unpaired) electrons. The largest absolute Gasteiger partial charge is 0.480 e. The summed E-state index contributed by atoms with van der Waals surface area (Å²) in [5.41, 5.74) is -0.560. The third kappa shape index (κ3) is 1.53. The first-order valence-electron chi connectivity index (χ1n) is 4.20. The Bertz CT molecular complexity index is 152. The van der Waals surface area contributed by atoms with E-state index < -0.39 is 11.5 Å². The minimum Gasteiger partial charge on any atom is -0.480 e. The van der Waals surface area contributed by atoms with Gasteiger partial charge < -0.3 is 10.4 Å². The van der Waals surface area contributed by atoms with Gasteiger partial charge >= 0.3 is 5.97 Å². The Morgan fingerprint density at radius 2 is 2.27 bits per heavy atom.